The van der Waals surface area contributed by atoms with Crippen LogP contribution < -0.4 is 10.3 Å². The maximum Gasteiger partial charge on any atom is 0.323 e. The van der Waals surface area contributed by atoms with Gasteiger partial charge >= 0.3 is 5.97 Å². The number of aryl methyl sites for hydroxylation is 1. The Bertz CT molecular complexity index is 990. The number of rotatable bonds is 6. The van der Waals surface area contributed by atoms with E-state index in [9.17, 15) is 9.59 Å². The molecule has 1 aromatic carbocycles. The first kappa shape index (κ1) is 17.2. The van der Waals surface area contributed by atoms with Crippen LogP contribution in [0.2, 0.25) is 0 Å². The van der Waals surface area contributed by atoms with Crippen LogP contribution in [0.25, 0.3) is 21.3 Å². The van der Waals surface area contributed by atoms with Gasteiger partial charge in [-0.3, -0.25) is 14.2 Å². The third kappa shape index (κ3) is 3.28. The number of fused-ring (bicyclic) bond motifs is 1. The van der Waals surface area contributed by atoms with Crippen LogP contribution in [-0.2, 0) is 17.8 Å². The Morgan fingerprint density at radius 3 is 2.88 bits per heavy atom. The minimum atomic E-state index is -1.06. The van der Waals surface area contributed by atoms with Crippen molar-refractivity contribution in [2.24, 2.45) is 0 Å². The van der Waals surface area contributed by atoms with Crippen LogP contribution in [0.5, 0.6) is 5.75 Å². The molecule has 0 spiro atoms. The van der Waals surface area contributed by atoms with Crippen molar-refractivity contribution < 1.29 is 14.6 Å². The molecule has 3 rings (SSSR count). The Labute approximate surface area is 148 Å². The first-order chi connectivity index (χ1) is 12.0. The molecule has 0 aliphatic carbocycles. The average molecular weight is 358 g/mol. The molecule has 0 radical (unpaired) electrons. The average Bonchev–Trinajstić information content (AvgIpc) is 3.02. The molecule has 0 bridgehead atoms. The first-order valence-corrected chi connectivity index (χ1v) is 8.80. The smallest absolute Gasteiger partial charge is 0.323 e. The van der Waals surface area contributed by atoms with Crippen LogP contribution in [-0.4, -0.2) is 27.7 Å². The van der Waals surface area contributed by atoms with Crippen LogP contribution in [0.4, 0.5) is 0 Å². The lowest BCUT2D eigenvalue weighted by Gasteiger charge is -2.10. The Balaban J connectivity index is 2.26. The van der Waals surface area contributed by atoms with Gasteiger partial charge in [-0.1, -0.05) is 19.1 Å². The minimum absolute atomic E-state index is 0.310. The van der Waals surface area contributed by atoms with Crippen molar-refractivity contribution >= 4 is 27.5 Å². The maximum atomic E-state index is 13.0. The summed E-state index contributed by atoms with van der Waals surface area (Å²) in [6, 6.07) is 7.43. The van der Waals surface area contributed by atoms with Gasteiger partial charge in [0.25, 0.3) is 5.56 Å². The van der Waals surface area contributed by atoms with Crippen molar-refractivity contribution in [2.75, 3.05) is 7.11 Å². The van der Waals surface area contributed by atoms with Gasteiger partial charge in [0, 0.05) is 17.4 Å². The number of methoxy groups -OCH3 is 1. The molecule has 0 saturated carbocycles. The Kier molecular flexibility index (Phi) is 4.85. The van der Waals surface area contributed by atoms with Crippen molar-refractivity contribution in [3.8, 4) is 16.9 Å². The van der Waals surface area contributed by atoms with Crippen LogP contribution in [0, 0.1) is 0 Å². The van der Waals surface area contributed by atoms with Gasteiger partial charge in [0.05, 0.1) is 12.5 Å². The number of benzene rings is 1. The summed E-state index contributed by atoms with van der Waals surface area (Å²) in [5.41, 5.74) is 1.28. The molecule has 0 aliphatic rings. The third-order valence-electron chi connectivity index (χ3n) is 3.92. The van der Waals surface area contributed by atoms with Gasteiger partial charge in [0.15, 0.2) is 0 Å². The fraction of sp³-hybridized carbons (Fsp3) is 0.278. The van der Waals surface area contributed by atoms with E-state index in [1.807, 2.05) is 36.6 Å². The monoisotopic (exact) mass is 358 g/mol. The molecule has 7 heteroatoms. The number of carboxylic acids is 1. The number of hydrogen-bond acceptors (Lipinski definition) is 5. The molecule has 3 aromatic rings. The highest BCUT2D eigenvalue weighted by atomic mass is 32.1. The Morgan fingerprint density at radius 2 is 2.20 bits per heavy atom. The van der Waals surface area contributed by atoms with Gasteiger partial charge in [0.2, 0.25) is 0 Å². The van der Waals surface area contributed by atoms with E-state index in [4.69, 9.17) is 9.84 Å². The molecule has 2 aromatic heterocycles. The van der Waals surface area contributed by atoms with Gasteiger partial charge in [-0.05, 0) is 24.1 Å². The van der Waals surface area contributed by atoms with Crippen LogP contribution >= 0.6 is 11.3 Å². The standard InChI is InChI=1S/C18H18N2O4S/c1-3-5-14-19-17-16(18(23)20(14)9-15(21)22)13(10-25-17)11-6-4-7-12(8-11)24-2/h4,6-8,10H,3,5,9H2,1-2H3,(H,21,22). The normalized spacial score (nSPS) is 11.0. The highest BCUT2D eigenvalue weighted by molar-refractivity contribution is 7.17. The van der Waals surface area contributed by atoms with E-state index in [0.29, 0.717) is 28.2 Å². The quantitative estimate of drug-likeness (QED) is 0.732. The lowest BCUT2D eigenvalue weighted by molar-refractivity contribution is -0.137. The number of aromatic nitrogens is 2. The van der Waals surface area contributed by atoms with Crippen LogP contribution in [0.3, 0.4) is 0 Å². The van der Waals surface area contributed by atoms with Gasteiger partial charge in [-0.15, -0.1) is 11.3 Å². The number of aliphatic carboxylic acids is 1. The molecule has 130 valence electrons. The lowest BCUT2D eigenvalue weighted by atomic mass is 10.1. The zero-order valence-electron chi connectivity index (χ0n) is 14.0. The highest BCUT2D eigenvalue weighted by Gasteiger charge is 2.18. The van der Waals surface area contributed by atoms with Crippen molar-refractivity contribution in [1.29, 1.82) is 0 Å². The number of nitrogens with zero attached hydrogens (tertiary/aromatic N) is 2. The van der Waals surface area contributed by atoms with Crippen molar-refractivity contribution in [1.82, 2.24) is 9.55 Å². The number of carbonyl (C=O) groups is 1. The second kappa shape index (κ2) is 7.06. The van der Waals surface area contributed by atoms with Crippen LogP contribution in [0.1, 0.15) is 19.2 Å². The highest BCUT2D eigenvalue weighted by Crippen LogP contribution is 2.32. The molecule has 2 heterocycles. The first-order valence-electron chi connectivity index (χ1n) is 7.92. The fourth-order valence-electron chi connectivity index (χ4n) is 2.78. The zero-order chi connectivity index (χ0) is 18.0. The number of thiophene rings is 1. The maximum absolute atomic E-state index is 13.0. The summed E-state index contributed by atoms with van der Waals surface area (Å²) >= 11 is 1.39. The molecule has 0 atom stereocenters. The van der Waals surface area contributed by atoms with Gasteiger partial charge in [0.1, 0.15) is 22.9 Å². The summed E-state index contributed by atoms with van der Waals surface area (Å²) in [4.78, 5) is 29.4. The summed E-state index contributed by atoms with van der Waals surface area (Å²) in [6.45, 7) is 1.59. The molecule has 0 unspecified atom stereocenters. The molecule has 0 aliphatic heterocycles. The third-order valence-corrected chi connectivity index (χ3v) is 4.79. The molecule has 1 N–H and O–H groups in total. The molecular formula is C18H18N2O4S. The fourth-order valence-corrected chi connectivity index (χ4v) is 3.74. The largest absolute Gasteiger partial charge is 0.497 e. The summed E-state index contributed by atoms with van der Waals surface area (Å²) in [6.07, 6.45) is 1.34. The minimum Gasteiger partial charge on any atom is -0.497 e. The van der Waals surface area contributed by atoms with E-state index in [1.165, 1.54) is 15.9 Å². The van der Waals surface area contributed by atoms with Crippen molar-refractivity contribution in [2.45, 2.75) is 26.3 Å². The van der Waals surface area contributed by atoms with E-state index in [-0.39, 0.29) is 12.1 Å². The lowest BCUT2D eigenvalue weighted by Crippen LogP contribution is -2.28. The van der Waals surface area contributed by atoms with Gasteiger partial charge in [-0.2, -0.15) is 0 Å². The Hall–Kier alpha value is -2.67. The molecule has 0 amide bonds. The summed E-state index contributed by atoms with van der Waals surface area (Å²) in [5.74, 6) is 0.151. The summed E-state index contributed by atoms with van der Waals surface area (Å²) < 4.78 is 6.52. The second-order valence-corrected chi connectivity index (χ2v) is 6.48. The zero-order valence-corrected chi connectivity index (χ0v) is 14.8. The van der Waals surface area contributed by atoms with Crippen LogP contribution in [0.15, 0.2) is 34.4 Å². The van der Waals surface area contributed by atoms with Gasteiger partial charge < -0.3 is 9.84 Å². The summed E-state index contributed by atoms with van der Waals surface area (Å²) in [7, 11) is 1.59. The SMILES string of the molecule is CCCc1nc2scc(-c3cccc(OC)c3)c2c(=O)n1CC(=O)O. The predicted molar refractivity (Wildman–Crippen MR) is 97.5 cm³/mol. The molecule has 0 fully saturated rings. The number of hydrogen-bond donors (Lipinski definition) is 1. The van der Waals surface area contributed by atoms with E-state index in [2.05, 4.69) is 4.98 Å². The molecule has 25 heavy (non-hydrogen) atoms. The number of ether oxygens (including phenoxy) is 1. The van der Waals surface area contributed by atoms with Crippen molar-refractivity contribution in [3.05, 3.63) is 45.8 Å². The number of carboxylic acid groups (broad SMARTS) is 1. The molecular weight excluding hydrogens is 340 g/mol. The van der Waals surface area contributed by atoms with E-state index >= 15 is 0 Å². The van der Waals surface area contributed by atoms with Crippen molar-refractivity contribution in [3.63, 3.8) is 0 Å². The summed E-state index contributed by atoms with van der Waals surface area (Å²) in [5, 5.41) is 11.5. The Morgan fingerprint density at radius 1 is 1.40 bits per heavy atom. The molecule has 6 nitrogen and oxygen atoms in total. The van der Waals surface area contributed by atoms with Gasteiger partial charge in [-0.25, -0.2) is 4.98 Å². The van der Waals surface area contributed by atoms with E-state index in [0.717, 1.165) is 17.5 Å². The second-order valence-electron chi connectivity index (χ2n) is 5.62. The topological polar surface area (TPSA) is 81.4 Å². The molecule has 0 saturated heterocycles. The van der Waals surface area contributed by atoms with E-state index < -0.39 is 5.97 Å². The van der Waals surface area contributed by atoms with E-state index in [1.54, 1.807) is 7.11 Å². The predicted octanol–water partition coefficient (Wildman–Crippen LogP) is 3.17.